The first-order valence-corrected chi connectivity index (χ1v) is 9.48. The molecular weight excluding hydrogens is 373 g/mol. The van der Waals surface area contributed by atoms with Gasteiger partial charge in [0.1, 0.15) is 11.9 Å². The van der Waals surface area contributed by atoms with E-state index in [1.165, 1.54) is 12.1 Å². The quantitative estimate of drug-likeness (QED) is 0.520. The van der Waals surface area contributed by atoms with E-state index in [-0.39, 0.29) is 11.7 Å². The summed E-state index contributed by atoms with van der Waals surface area (Å²) in [5.74, 6) is -0.536. The topological polar surface area (TPSA) is 72.5 Å². The number of aromatic nitrogens is 1. The third kappa shape index (κ3) is 5.49. The number of anilines is 3. The van der Waals surface area contributed by atoms with Crippen molar-refractivity contribution in [1.29, 1.82) is 0 Å². The summed E-state index contributed by atoms with van der Waals surface area (Å²) in [4.78, 5) is 16.7. The van der Waals surface area contributed by atoms with Crippen LogP contribution in [0.4, 0.5) is 21.5 Å². The maximum absolute atomic E-state index is 13.1. The van der Waals surface area contributed by atoms with Crippen LogP contribution in [0.5, 0.6) is 0 Å². The van der Waals surface area contributed by atoms with Gasteiger partial charge in [-0.2, -0.15) is 0 Å². The largest absolute Gasteiger partial charge is 0.379 e. The normalized spacial score (nSPS) is 12.0. The van der Waals surface area contributed by atoms with Gasteiger partial charge < -0.3 is 20.1 Å². The minimum Gasteiger partial charge on any atom is -0.379 e. The summed E-state index contributed by atoms with van der Waals surface area (Å²) in [7, 11) is 0. The minimum absolute atomic E-state index is 0.245. The van der Waals surface area contributed by atoms with Crippen LogP contribution in [0.25, 0.3) is 10.8 Å². The van der Waals surface area contributed by atoms with Gasteiger partial charge in [0.25, 0.3) is 5.91 Å². The van der Waals surface area contributed by atoms with E-state index in [1.54, 1.807) is 37.5 Å². The lowest BCUT2D eigenvalue weighted by Gasteiger charge is -2.16. The maximum Gasteiger partial charge on any atom is 0.253 e. The number of amides is 1. The molecule has 3 aromatic rings. The minimum atomic E-state index is -0.612. The van der Waals surface area contributed by atoms with Gasteiger partial charge in [-0.25, -0.2) is 4.39 Å². The zero-order chi connectivity index (χ0) is 20.6. The Morgan fingerprint density at radius 2 is 1.83 bits per heavy atom. The Hall–Kier alpha value is -3.03. The van der Waals surface area contributed by atoms with Crippen molar-refractivity contribution >= 4 is 33.7 Å². The van der Waals surface area contributed by atoms with Crippen LogP contribution in [0, 0.1) is 5.82 Å². The molecule has 0 aliphatic rings. The van der Waals surface area contributed by atoms with Gasteiger partial charge in [-0.1, -0.05) is 0 Å². The molecule has 152 valence electrons. The van der Waals surface area contributed by atoms with E-state index in [4.69, 9.17) is 9.47 Å². The third-order valence-electron chi connectivity index (χ3n) is 4.37. The fourth-order valence-corrected chi connectivity index (χ4v) is 2.84. The number of carbonyl (C=O) groups excluding carboxylic acids is 1. The first kappa shape index (κ1) is 20.7. The SMILES string of the molecule is CCOCCO[C@H](C)C(=O)Nc1ccc(Nc2ccc(F)cc2)c2ccncc12. The van der Waals surface area contributed by atoms with Gasteiger partial charge >= 0.3 is 0 Å². The van der Waals surface area contributed by atoms with Crippen LogP contribution in [0.15, 0.2) is 54.9 Å². The summed E-state index contributed by atoms with van der Waals surface area (Å²) in [6.07, 6.45) is 2.77. The lowest BCUT2D eigenvalue weighted by atomic mass is 10.1. The zero-order valence-corrected chi connectivity index (χ0v) is 16.4. The second-order valence-corrected chi connectivity index (χ2v) is 6.41. The van der Waals surface area contributed by atoms with Gasteiger partial charge in [-0.15, -0.1) is 0 Å². The highest BCUT2D eigenvalue weighted by atomic mass is 19.1. The van der Waals surface area contributed by atoms with Crippen LogP contribution in [-0.2, 0) is 14.3 Å². The van der Waals surface area contributed by atoms with Crippen LogP contribution in [0.1, 0.15) is 13.8 Å². The van der Waals surface area contributed by atoms with Gasteiger partial charge in [0.15, 0.2) is 0 Å². The number of fused-ring (bicyclic) bond motifs is 1. The van der Waals surface area contributed by atoms with E-state index in [9.17, 15) is 9.18 Å². The molecule has 1 atom stereocenters. The summed E-state index contributed by atoms with van der Waals surface area (Å²) in [6, 6.07) is 11.7. The number of hydrogen-bond donors (Lipinski definition) is 2. The Morgan fingerprint density at radius 3 is 2.59 bits per heavy atom. The Morgan fingerprint density at radius 1 is 1.07 bits per heavy atom. The molecule has 0 bridgehead atoms. The molecule has 2 N–H and O–H groups in total. The Balaban J connectivity index is 1.76. The number of nitrogens with one attached hydrogen (secondary N) is 2. The van der Waals surface area contributed by atoms with E-state index < -0.39 is 6.10 Å². The summed E-state index contributed by atoms with van der Waals surface area (Å²) < 4.78 is 23.9. The Labute approximate surface area is 169 Å². The predicted molar refractivity (Wildman–Crippen MR) is 112 cm³/mol. The average Bonchev–Trinajstić information content (AvgIpc) is 2.74. The zero-order valence-electron chi connectivity index (χ0n) is 16.4. The van der Waals surface area contributed by atoms with E-state index in [2.05, 4.69) is 15.6 Å². The van der Waals surface area contributed by atoms with E-state index in [0.717, 1.165) is 22.1 Å². The smallest absolute Gasteiger partial charge is 0.253 e. The highest BCUT2D eigenvalue weighted by molar-refractivity contribution is 6.07. The van der Waals surface area contributed by atoms with Gasteiger partial charge in [0, 0.05) is 41.1 Å². The van der Waals surface area contributed by atoms with Crippen molar-refractivity contribution in [2.75, 3.05) is 30.5 Å². The number of nitrogens with zero attached hydrogens (tertiary/aromatic N) is 1. The number of hydrogen-bond acceptors (Lipinski definition) is 5. The number of ether oxygens (including phenoxy) is 2. The van der Waals surface area contributed by atoms with Crippen LogP contribution in [-0.4, -0.2) is 36.8 Å². The van der Waals surface area contributed by atoms with Gasteiger partial charge in [-0.05, 0) is 56.3 Å². The van der Waals surface area contributed by atoms with Crippen molar-refractivity contribution in [3.05, 3.63) is 60.7 Å². The lowest BCUT2D eigenvalue weighted by Crippen LogP contribution is -2.29. The molecule has 0 aliphatic heterocycles. The second-order valence-electron chi connectivity index (χ2n) is 6.41. The molecule has 0 fully saturated rings. The summed E-state index contributed by atoms with van der Waals surface area (Å²) >= 11 is 0. The molecule has 1 heterocycles. The molecule has 7 heteroatoms. The molecule has 0 radical (unpaired) electrons. The molecule has 0 aliphatic carbocycles. The number of halogens is 1. The van der Waals surface area contributed by atoms with Crippen molar-refractivity contribution in [1.82, 2.24) is 4.98 Å². The highest BCUT2D eigenvalue weighted by Crippen LogP contribution is 2.31. The standard InChI is InChI=1S/C22H24FN3O3/c1-3-28-12-13-29-15(2)22(27)26-21-9-8-20(18-10-11-24-14-19(18)21)25-17-6-4-16(23)5-7-17/h4-11,14-15,25H,3,12-13H2,1-2H3,(H,26,27)/t15-/m1/s1. The summed E-state index contributed by atoms with van der Waals surface area (Å²) in [5, 5.41) is 7.84. The van der Waals surface area contributed by atoms with Crippen molar-refractivity contribution in [2.24, 2.45) is 0 Å². The Kier molecular flexibility index (Phi) is 7.10. The number of carbonyl (C=O) groups is 1. The maximum atomic E-state index is 13.1. The Bertz CT molecular complexity index is 963. The van der Waals surface area contributed by atoms with E-state index >= 15 is 0 Å². The molecule has 1 aromatic heterocycles. The number of pyridine rings is 1. The first-order chi connectivity index (χ1) is 14.1. The number of rotatable bonds is 9. The lowest BCUT2D eigenvalue weighted by molar-refractivity contribution is -0.127. The molecule has 0 saturated carbocycles. The molecular formula is C22H24FN3O3. The molecule has 0 spiro atoms. The van der Waals surface area contributed by atoms with Crippen LogP contribution >= 0.6 is 0 Å². The van der Waals surface area contributed by atoms with Gasteiger partial charge in [-0.3, -0.25) is 9.78 Å². The first-order valence-electron chi connectivity index (χ1n) is 9.48. The van der Waals surface area contributed by atoms with Crippen LogP contribution in [0.3, 0.4) is 0 Å². The van der Waals surface area contributed by atoms with Gasteiger partial charge in [0.05, 0.1) is 18.9 Å². The average molecular weight is 397 g/mol. The van der Waals surface area contributed by atoms with Crippen molar-refractivity contribution in [3.63, 3.8) is 0 Å². The van der Waals surface area contributed by atoms with Crippen LogP contribution < -0.4 is 10.6 Å². The number of benzene rings is 2. The fourth-order valence-electron chi connectivity index (χ4n) is 2.84. The van der Waals surface area contributed by atoms with E-state index in [0.29, 0.717) is 25.5 Å². The molecule has 0 saturated heterocycles. The fraction of sp³-hybridized carbons (Fsp3) is 0.273. The summed E-state index contributed by atoms with van der Waals surface area (Å²) in [5.41, 5.74) is 2.23. The molecule has 6 nitrogen and oxygen atoms in total. The molecule has 2 aromatic carbocycles. The molecule has 3 rings (SSSR count). The van der Waals surface area contributed by atoms with Gasteiger partial charge in [0.2, 0.25) is 0 Å². The molecule has 29 heavy (non-hydrogen) atoms. The van der Waals surface area contributed by atoms with Crippen molar-refractivity contribution in [3.8, 4) is 0 Å². The predicted octanol–water partition coefficient (Wildman–Crippen LogP) is 4.50. The van der Waals surface area contributed by atoms with E-state index in [1.807, 2.05) is 19.1 Å². The van der Waals surface area contributed by atoms with Crippen LogP contribution in [0.2, 0.25) is 0 Å². The van der Waals surface area contributed by atoms with Crippen molar-refractivity contribution in [2.45, 2.75) is 20.0 Å². The van der Waals surface area contributed by atoms with Crippen molar-refractivity contribution < 1.29 is 18.7 Å². The third-order valence-corrected chi connectivity index (χ3v) is 4.37. The second kappa shape index (κ2) is 9.95. The monoisotopic (exact) mass is 397 g/mol. The highest BCUT2D eigenvalue weighted by Gasteiger charge is 2.15. The summed E-state index contributed by atoms with van der Waals surface area (Å²) in [6.45, 7) is 5.02. The molecule has 0 unspecified atom stereocenters. The molecule has 1 amide bonds.